The highest BCUT2D eigenvalue weighted by Crippen LogP contribution is 2.28. The Morgan fingerprint density at radius 1 is 1.40 bits per heavy atom. The molecule has 1 rings (SSSR count). The van der Waals surface area contributed by atoms with Gasteiger partial charge in [-0.2, -0.15) is 4.98 Å². The number of nitro groups is 1. The smallest absolute Gasteiger partial charge is 0.352 e. The largest absolute Gasteiger partial charge is 0.473 e. The van der Waals surface area contributed by atoms with Gasteiger partial charge in [-0.05, 0) is 34.4 Å². The molecular weight excluding hydrogens is 262 g/mol. The van der Waals surface area contributed by atoms with Gasteiger partial charge in [0, 0.05) is 13.1 Å². The molecule has 0 saturated heterocycles. The van der Waals surface area contributed by atoms with Crippen LogP contribution in [0.25, 0.3) is 0 Å². The summed E-state index contributed by atoms with van der Waals surface area (Å²) in [4.78, 5) is 20.7. The zero-order valence-corrected chi connectivity index (χ0v) is 12.3. The standard InChI is InChI=1S/C12H21N5O3/c1-5-13-12-14-9(2)10(17(18)19)11(15-12)20-8-6-7-16(3)4/h5-8H2,1-4H3,(H,13,14,15). The summed E-state index contributed by atoms with van der Waals surface area (Å²) < 4.78 is 5.46. The van der Waals surface area contributed by atoms with E-state index < -0.39 is 4.92 Å². The summed E-state index contributed by atoms with van der Waals surface area (Å²) in [7, 11) is 3.92. The molecule has 0 fully saturated rings. The summed E-state index contributed by atoms with van der Waals surface area (Å²) >= 11 is 0. The van der Waals surface area contributed by atoms with Gasteiger partial charge in [0.05, 0.1) is 11.5 Å². The van der Waals surface area contributed by atoms with Crippen LogP contribution in [0.4, 0.5) is 11.6 Å². The van der Waals surface area contributed by atoms with Gasteiger partial charge in [-0.15, -0.1) is 0 Å². The number of hydrogen-bond donors (Lipinski definition) is 1. The van der Waals surface area contributed by atoms with Crippen LogP contribution >= 0.6 is 0 Å². The van der Waals surface area contributed by atoms with E-state index in [-0.39, 0.29) is 11.6 Å². The molecule has 0 spiro atoms. The number of rotatable bonds is 8. The summed E-state index contributed by atoms with van der Waals surface area (Å²) in [5, 5.41) is 14.0. The van der Waals surface area contributed by atoms with Crippen molar-refractivity contribution in [1.29, 1.82) is 0 Å². The molecule has 8 heteroatoms. The predicted molar refractivity (Wildman–Crippen MR) is 76.3 cm³/mol. The maximum Gasteiger partial charge on any atom is 0.352 e. The quantitative estimate of drug-likeness (QED) is 0.438. The van der Waals surface area contributed by atoms with E-state index in [0.29, 0.717) is 24.8 Å². The van der Waals surface area contributed by atoms with E-state index in [0.717, 1.165) is 13.0 Å². The first kappa shape index (κ1) is 16.1. The minimum Gasteiger partial charge on any atom is -0.473 e. The average Bonchev–Trinajstić information content (AvgIpc) is 2.33. The fourth-order valence-corrected chi connectivity index (χ4v) is 1.64. The summed E-state index contributed by atoms with van der Waals surface area (Å²) in [6.07, 6.45) is 0.768. The van der Waals surface area contributed by atoms with Crippen molar-refractivity contribution in [2.24, 2.45) is 0 Å². The monoisotopic (exact) mass is 283 g/mol. The van der Waals surface area contributed by atoms with E-state index in [1.807, 2.05) is 25.9 Å². The van der Waals surface area contributed by atoms with Gasteiger partial charge in [-0.25, -0.2) is 4.98 Å². The van der Waals surface area contributed by atoms with Crippen LogP contribution < -0.4 is 10.1 Å². The molecule has 112 valence electrons. The van der Waals surface area contributed by atoms with Crippen molar-refractivity contribution >= 4 is 11.6 Å². The van der Waals surface area contributed by atoms with Gasteiger partial charge in [0.1, 0.15) is 5.69 Å². The third-order valence-corrected chi connectivity index (χ3v) is 2.53. The lowest BCUT2D eigenvalue weighted by Gasteiger charge is -2.11. The molecule has 8 nitrogen and oxygen atoms in total. The van der Waals surface area contributed by atoms with Gasteiger partial charge in [-0.1, -0.05) is 0 Å². The predicted octanol–water partition coefficient (Wildman–Crippen LogP) is 1.46. The summed E-state index contributed by atoms with van der Waals surface area (Å²) in [5.74, 6) is 0.371. The average molecular weight is 283 g/mol. The minimum atomic E-state index is -0.508. The molecule has 0 radical (unpaired) electrons. The number of hydrogen-bond acceptors (Lipinski definition) is 7. The maximum atomic E-state index is 11.1. The van der Waals surface area contributed by atoms with E-state index in [1.54, 1.807) is 6.92 Å². The number of ether oxygens (including phenoxy) is 1. The van der Waals surface area contributed by atoms with Gasteiger partial charge >= 0.3 is 5.69 Å². The molecule has 0 bridgehead atoms. The fourth-order valence-electron chi connectivity index (χ4n) is 1.64. The second kappa shape index (κ2) is 7.59. The van der Waals surface area contributed by atoms with Crippen molar-refractivity contribution in [3.8, 4) is 5.88 Å². The van der Waals surface area contributed by atoms with Crippen molar-refractivity contribution in [2.45, 2.75) is 20.3 Å². The SMILES string of the molecule is CCNc1nc(C)c([N+](=O)[O-])c(OCCCN(C)C)n1. The Balaban J connectivity index is 2.86. The Bertz CT molecular complexity index is 465. The van der Waals surface area contributed by atoms with Crippen molar-refractivity contribution < 1.29 is 9.66 Å². The molecule has 1 aromatic heterocycles. The van der Waals surface area contributed by atoms with Crippen LogP contribution in [0.2, 0.25) is 0 Å². The van der Waals surface area contributed by atoms with E-state index in [9.17, 15) is 10.1 Å². The molecule has 0 unspecified atom stereocenters. The van der Waals surface area contributed by atoms with E-state index in [2.05, 4.69) is 15.3 Å². The number of aromatic nitrogens is 2. The summed E-state index contributed by atoms with van der Waals surface area (Å²) in [6.45, 7) is 5.33. The topological polar surface area (TPSA) is 93.4 Å². The Hall–Kier alpha value is -1.96. The molecule has 0 aliphatic heterocycles. The Labute approximate surface area is 118 Å². The van der Waals surface area contributed by atoms with Crippen molar-refractivity contribution in [1.82, 2.24) is 14.9 Å². The number of aryl methyl sites for hydroxylation is 1. The number of anilines is 1. The molecule has 0 saturated carbocycles. The van der Waals surface area contributed by atoms with E-state index >= 15 is 0 Å². The fraction of sp³-hybridized carbons (Fsp3) is 0.667. The summed E-state index contributed by atoms with van der Waals surface area (Å²) in [6, 6.07) is 0. The van der Waals surface area contributed by atoms with Gasteiger partial charge in [0.2, 0.25) is 5.95 Å². The van der Waals surface area contributed by atoms with Crippen LogP contribution in [0.3, 0.4) is 0 Å². The van der Waals surface area contributed by atoms with Crippen LogP contribution in [0.15, 0.2) is 0 Å². The zero-order valence-electron chi connectivity index (χ0n) is 12.3. The van der Waals surface area contributed by atoms with Crippen LogP contribution in [-0.4, -0.2) is 53.6 Å². The molecule has 0 aliphatic carbocycles. The van der Waals surface area contributed by atoms with E-state index in [4.69, 9.17) is 4.74 Å². The highest BCUT2D eigenvalue weighted by molar-refractivity contribution is 5.48. The zero-order chi connectivity index (χ0) is 15.1. The lowest BCUT2D eigenvalue weighted by molar-refractivity contribution is -0.387. The lowest BCUT2D eigenvalue weighted by atomic mass is 10.3. The molecular formula is C12H21N5O3. The third kappa shape index (κ3) is 4.61. The molecule has 0 aromatic carbocycles. The minimum absolute atomic E-state index is 0.0252. The van der Waals surface area contributed by atoms with Crippen molar-refractivity contribution in [3.63, 3.8) is 0 Å². The maximum absolute atomic E-state index is 11.1. The van der Waals surface area contributed by atoms with Gasteiger partial charge in [0.25, 0.3) is 5.88 Å². The molecule has 0 amide bonds. The van der Waals surface area contributed by atoms with Crippen molar-refractivity contribution in [2.75, 3.05) is 39.1 Å². The highest BCUT2D eigenvalue weighted by atomic mass is 16.6. The second-order valence-corrected chi connectivity index (χ2v) is 4.58. The van der Waals surface area contributed by atoms with Gasteiger partial charge in [-0.3, -0.25) is 10.1 Å². The van der Waals surface area contributed by atoms with Crippen LogP contribution in [0.5, 0.6) is 5.88 Å². The van der Waals surface area contributed by atoms with Crippen LogP contribution in [-0.2, 0) is 0 Å². The normalized spacial score (nSPS) is 10.7. The first-order valence-electron chi connectivity index (χ1n) is 6.50. The van der Waals surface area contributed by atoms with E-state index in [1.165, 1.54) is 0 Å². The first-order chi connectivity index (χ1) is 9.45. The molecule has 1 N–H and O–H groups in total. The Morgan fingerprint density at radius 3 is 2.65 bits per heavy atom. The lowest BCUT2D eigenvalue weighted by Crippen LogP contribution is -2.16. The molecule has 0 aliphatic rings. The summed E-state index contributed by atoms with van der Waals surface area (Å²) in [5.41, 5.74) is 0.125. The Kier molecular flexibility index (Phi) is 6.10. The van der Waals surface area contributed by atoms with Gasteiger partial charge < -0.3 is 15.0 Å². The number of nitrogens with zero attached hydrogens (tertiary/aromatic N) is 4. The molecule has 1 aromatic rings. The van der Waals surface area contributed by atoms with Crippen LogP contribution in [0, 0.1) is 17.0 Å². The second-order valence-electron chi connectivity index (χ2n) is 4.58. The van der Waals surface area contributed by atoms with Crippen molar-refractivity contribution in [3.05, 3.63) is 15.8 Å². The molecule has 0 atom stereocenters. The Morgan fingerprint density at radius 2 is 2.10 bits per heavy atom. The third-order valence-electron chi connectivity index (χ3n) is 2.53. The number of nitrogens with one attached hydrogen (secondary N) is 1. The van der Waals surface area contributed by atoms with Gasteiger partial charge in [0.15, 0.2) is 0 Å². The molecule has 1 heterocycles. The van der Waals surface area contributed by atoms with Crippen LogP contribution in [0.1, 0.15) is 19.0 Å². The highest BCUT2D eigenvalue weighted by Gasteiger charge is 2.23. The molecule has 20 heavy (non-hydrogen) atoms. The first-order valence-corrected chi connectivity index (χ1v) is 6.50.